The third-order valence-corrected chi connectivity index (χ3v) is 3.86. The van der Waals surface area contributed by atoms with E-state index in [2.05, 4.69) is 10.5 Å². The minimum absolute atomic E-state index is 0.185. The number of nitrogens with zero attached hydrogens (tertiary/aromatic N) is 2. The largest absolute Gasteiger partial charge is 0.495 e. The van der Waals surface area contributed by atoms with Crippen molar-refractivity contribution in [2.45, 2.75) is 13.8 Å². The summed E-state index contributed by atoms with van der Waals surface area (Å²) in [4.78, 5) is 11.9. The quantitative estimate of drug-likeness (QED) is 0.625. The Hall–Kier alpha value is -1.80. The van der Waals surface area contributed by atoms with E-state index in [1.807, 2.05) is 0 Å². The highest BCUT2D eigenvalue weighted by Gasteiger charge is 2.24. The fraction of sp³-hybridized carbons (Fsp3) is 0.385. The number of amides is 1. The van der Waals surface area contributed by atoms with Crippen LogP contribution in [0.25, 0.3) is 0 Å². The van der Waals surface area contributed by atoms with Gasteiger partial charge in [-0.25, -0.2) is 13.8 Å². The van der Waals surface area contributed by atoms with Crippen molar-refractivity contribution in [1.82, 2.24) is 5.43 Å². The number of rotatable bonds is 6. The number of hydrogen-bond donors (Lipinski definition) is 1. The molecule has 0 aliphatic rings. The van der Waals surface area contributed by atoms with Gasteiger partial charge in [-0.15, -0.1) is 0 Å². The highest BCUT2D eigenvalue weighted by molar-refractivity contribution is 7.92. The summed E-state index contributed by atoms with van der Waals surface area (Å²) in [5, 5.41) is 4.08. The molecule has 0 aliphatic carbocycles. The number of hydrazone groups is 1. The summed E-state index contributed by atoms with van der Waals surface area (Å²) in [6, 6.07) is 4.51. The van der Waals surface area contributed by atoms with E-state index in [9.17, 15) is 13.2 Å². The molecule has 0 heterocycles. The first-order valence-corrected chi connectivity index (χ1v) is 8.48. The molecule has 0 unspecified atom stereocenters. The number of benzene rings is 1. The minimum Gasteiger partial charge on any atom is -0.495 e. The van der Waals surface area contributed by atoms with E-state index in [-0.39, 0.29) is 11.4 Å². The summed E-state index contributed by atoms with van der Waals surface area (Å²) in [5.41, 5.74) is 3.10. The first-order valence-electron chi connectivity index (χ1n) is 6.26. The van der Waals surface area contributed by atoms with Crippen molar-refractivity contribution in [1.29, 1.82) is 0 Å². The van der Waals surface area contributed by atoms with Crippen molar-refractivity contribution in [3.05, 3.63) is 23.2 Å². The van der Waals surface area contributed by atoms with E-state index in [0.717, 1.165) is 10.6 Å². The maximum Gasteiger partial charge on any atom is 0.260 e. The number of halogens is 1. The second-order valence-corrected chi connectivity index (χ2v) is 7.02. The summed E-state index contributed by atoms with van der Waals surface area (Å²) >= 11 is 5.91. The standard InChI is InChI=1S/C13H18ClN3O4S/c1-9(2)15-16-13(18)8-17(22(4,19)20)11-7-10(14)5-6-12(11)21-3/h5-7H,8H2,1-4H3,(H,16,18). The first kappa shape index (κ1) is 18.2. The van der Waals surface area contributed by atoms with Gasteiger partial charge in [0.05, 0.1) is 19.1 Å². The smallest absolute Gasteiger partial charge is 0.260 e. The molecule has 0 atom stereocenters. The molecular formula is C13H18ClN3O4S. The van der Waals surface area contributed by atoms with Crippen molar-refractivity contribution in [3.63, 3.8) is 0 Å². The Bertz CT molecular complexity index is 685. The van der Waals surface area contributed by atoms with Crippen molar-refractivity contribution in [3.8, 4) is 5.75 Å². The van der Waals surface area contributed by atoms with E-state index >= 15 is 0 Å². The van der Waals surface area contributed by atoms with Crippen LogP contribution in [0.4, 0.5) is 5.69 Å². The number of methoxy groups -OCH3 is 1. The van der Waals surface area contributed by atoms with Gasteiger partial charge in [0.25, 0.3) is 5.91 Å². The molecule has 0 aliphatic heterocycles. The lowest BCUT2D eigenvalue weighted by molar-refractivity contribution is -0.119. The van der Waals surface area contributed by atoms with Crippen LogP contribution < -0.4 is 14.5 Å². The Labute approximate surface area is 135 Å². The van der Waals surface area contributed by atoms with Crippen LogP contribution in [0.5, 0.6) is 5.75 Å². The van der Waals surface area contributed by atoms with Crippen LogP contribution in [0, 0.1) is 0 Å². The minimum atomic E-state index is -3.72. The van der Waals surface area contributed by atoms with E-state index in [4.69, 9.17) is 16.3 Å². The van der Waals surface area contributed by atoms with Crippen molar-refractivity contribution < 1.29 is 17.9 Å². The summed E-state index contributed by atoms with van der Waals surface area (Å²) in [7, 11) is -2.31. The fourth-order valence-electron chi connectivity index (χ4n) is 1.58. The zero-order valence-electron chi connectivity index (χ0n) is 12.8. The molecule has 7 nitrogen and oxygen atoms in total. The zero-order valence-corrected chi connectivity index (χ0v) is 14.3. The molecule has 0 bridgehead atoms. The molecule has 0 fully saturated rings. The van der Waals surface area contributed by atoms with Crippen LogP contribution >= 0.6 is 11.6 Å². The molecule has 0 aromatic heterocycles. The number of anilines is 1. The monoisotopic (exact) mass is 347 g/mol. The molecule has 1 aromatic carbocycles. The average molecular weight is 348 g/mol. The molecule has 0 saturated heterocycles. The number of carbonyl (C=O) groups is 1. The maximum atomic E-state index is 12.0. The normalized spacial score (nSPS) is 10.8. The predicted octanol–water partition coefficient (Wildman–Crippen LogP) is 1.63. The van der Waals surface area contributed by atoms with Gasteiger partial charge in [0, 0.05) is 10.7 Å². The number of ether oxygens (including phenoxy) is 1. The van der Waals surface area contributed by atoms with Crippen molar-refractivity contribution >= 4 is 38.9 Å². The Morgan fingerprint density at radius 2 is 2.05 bits per heavy atom. The van der Waals surface area contributed by atoms with E-state index in [1.54, 1.807) is 19.9 Å². The lowest BCUT2D eigenvalue weighted by atomic mass is 10.3. The molecule has 1 amide bonds. The van der Waals surface area contributed by atoms with Gasteiger partial charge in [-0.3, -0.25) is 9.10 Å². The highest BCUT2D eigenvalue weighted by atomic mass is 35.5. The Kier molecular flexibility index (Phi) is 6.19. The molecule has 0 saturated carbocycles. The Balaban J connectivity index is 3.18. The SMILES string of the molecule is COc1ccc(Cl)cc1N(CC(=O)NN=C(C)C)S(C)(=O)=O. The van der Waals surface area contributed by atoms with Gasteiger partial charge in [0.1, 0.15) is 12.3 Å². The van der Waals surface area contributed by atoms with Crippen molar-refractivity contribution in [2.24, 2.45) is 5.10 Å². The van der Waals surface area contributed by atoms with Crippen LogP contribution in [0.3, 0.4) is 0 Å². The third kappa shape index (κ3) is 5.19. The number of carbonyl (C=O) groups excluding carboxylic acids is 1. The second-order valence-electron chi connectivity index (χ2n) is 4.68. The lowest BCUT2D eigenvalue weighted by Crippen LogP contribution is -2.39. The lowest BCUT2D eigenvalue weighted by Gasteiger charge is -2.23. The summed E-state index contributed by atoms with van der Waals surface area (Å²) in [5.74, 6) is -0.286. The molecule has 1 N–H and O–H groups in total. The van der Waals surface area contributed by atoms with Gasteiger partial charge in [-0.2, -0.15) is 5.10 Å². The molecule has 22 heavy (non-hydrogen) atoms. The average Bonchev–Trinajstić information content (AvgIpc) is 2.41. The Morgan fingerprint density at radius 3 is 2.55 bits per heavy atom. The van der Waals surface area contributed by atoms with Crippen LogP contribution in [0.2, 0.25) is 5.02 Å². The molecule has 9 heteroatoms. The van der Waals surface area contributed by atoms with Crippen LogP contribution in [-0.2, 0) is 14.8 Å². The molecule has 0 radical (unpaired) electrons. The van der Waals surface area contributed by atoms with Crippen LogP contribution in [0.1, 0.15) is 13.8 Å². The van der Waals surface area contributed by atoms with Crippen molar-refractivity contribution in [2.75, 3.05) is 24.2 Å². The number of hydrogen-bond acceptors (Lipinski definition) is 5. The number of nitrogens with one attached hydrogen (secondary N) is 1. The highest BCUT2D eigenvalue weighted by Crippen LogP contribution is 2.32. The van der Waals surface area contributed by atoms with Crippen LogP contribution in [-0.4, -0.2) is 39.9 Å². The molecule has 122 valence electrons. The summed E-state index contributed by atoms with van der Waals surface area (Å²) in [6.07, 6.45) is 0.995. The molecule has 0 spiro atoms. The van der Waals surface area contributed by atoms with Gasteiger partial charge in [-0.1, -0.05) is 11.6 Å². The van der Waals surface area contributed by atoms with Crippen LogP contribution in [0.15, 0.2) is 23.3 Å². The van der Waals surface area contributed by atoms with Gasteiger partial charge in [-0.05, 0) is 32.0 Å². The maximum absolute atomic E-state index is 12.0. The van der Waals surface area contributed by atoms with Gasteiger partial charge < -0.3 is 4.74 Å². The van der Waals surface area contributed by atoms with E-state index in [1.165, 1.54) is 19.2 Å². The third-order valence-electron chi connectivity index (χ3n) is 2.50. The first-order chi connectivity index (χ1) is 10.1. The summed E-state index contributed by atoms with van der Waals surface area (Å²) < 4.78 is 30.0. The fourth-order valence-corrected chi connectivity index (χ4v) is 2.60. The van der Waals surface area contributed by atoms with Gasteiger partial charge >= 0.3 is 0 Å². The number of sulfonamides is 1. The van der Waals surface area contributed by atoms with E-state index in [0.29, 0.717) is 10.7 Å². The predicted molar refractivity (Wildman–Crippen MR) is 87.1 cm³/mol. The summed E-state index contributed by atoms with van der Waals surface area (Å²) in [6.45, 7) is 2.97. The molecule has 1 aromatic rings. The van der Waals surface area contributed by atoms with Gasteiger partial charge in [0.15, 0.2) is 0 Å². The zero-order chi connectivity index (χ0) is 16.9. The van der Waals surface area contributed by atoms with Gasteiger partial charge in [0.2, 0.25) is 10.0 Å². The van der Waals surface area contributed by atoms with E-state index < -0.39 is 22.5 Å². The second kappa shape index (κ2) is 7.46. The molecule has 1 rings (SSSR count). The Morgan fingerprint density at radius 1 is 1.41 bits per heavy atom. The topological polar surface area (TPSA) is 88.1 Å². The molecular weight excluding hydrogens is 330 g/mol.